The fourth-order valence-corrected chi connectivity index (χ4v) is 6.90. The molecule has 0 N–H and O–H groups in total. The van der Waals surface area contributed by atoms with Crippen molar-refractivity contribution in [1.29, 1.82) is 0 Å². The van der Waals surface area contributed by atoms with Crippen molar-refractivity contribution in [2.24, 2.45) is 5.10 Å². The van der Waals surface area contributed by atoms with Crippen LogP contribution in [0.5, 0.6) is 0 Å². The number of nitrogens with zero attached hydrogens (tertiary/aromatic N) is 4. The number of hydrogen-bond acceptors (Lipinski definition) is 7. The average molecular weight is 531 g/mol. The fourth-order valence-electron chi connectivity index (χ4n) is 4.66. The van der Waals surface area contributed by atoms with Crippen LogP contribution in [0.1, 0.15) is 23.6 Å². The number of morpholine rings is 1. The molecule has 6 rings (SSSR count). The Kier molecular flexibility index (Phi) is 6.60. The van der Waals surface area contributed by atoms with Crippen LogP contribution in [0.2, 0.25) is 0 Å². The molecule has 3 aromatic carbocycles. The third-order valence-electron chi connectivity index (χ3n) is 6.65. The Bertz CT molecular complexity index is 1500. The largest absolute Gasteiger partial charge is 0.379 e. The Morgan fingerprint density at radius 1 is 0.838 bits per heavy atom. The van der Waals surface area contributed by atoms with Gasteiger partial charge >= 0.3 is 0 Å². The minimum atomic E-state index is -3.53. The maximum atomic E-state index is 13.0. The number of sulfonamides is 1. The van der Waals surface area contributed by atoms with Gasteiger partial charge in [0.2, 0.25) is 15.2 Å². The van der Waals surface area contributed by atoms with Gasteiger partial charge in [-0.3, -0.25) is 0 Å². The molecule has 1 aromatic heterocycles. The molecule has 2 aliphatic heterocycles. The lowest BCUT2D eigenvalue weighted by Gasteiger charge is -2.26. The molecular weight excluding hydrogens is 504 g/mol. The molecule has 3 heterocycles. The Hall–Kier alpha value is -3.37. The molecule has 9 heteroatoms. The van der Waals surface area contributed by atoms with Crippen molar-refractivity contribution in [1.82, 2.24) is 9.29 Å². The molecule has 0 amide bonds. The Balaban J connectivity index is 1.28. The zero-order chi connectivity index (χ0) is 25.2. The summed E-state index contributed by atoms with van der Waals surface area (Å²) in [7, 11) is -3.53. The molecule has 7 nitrogen and oxygen atoms in total. The topological polar surface area (TPSA) is 75.1 Å². The highest BCUT2D eigenvalue weighted by Gasteiger charge is 2.32. The number of anilines is 1. The van der Waals surface area contributed by atoms with E-state index in [-0.39, 0.29) is 10.9 Å². The van der Waals surface area contributed by atoms with Gasteiger partial charge in [0.05, 0.1) is 35.6 Å². The highest BCUT2D eigenvalue weighted by atomic mass is 32.2. The van der Waals surface area contributed by atoms with Crippen LogP contribution in [0, 0.1) is 0 Å². The molecule has 1 fully saturated rings. The second-order valence-corrected chi connectivity index (χ2v) is 11.7. The molecule has 0 radical (unpaired) electrons. The van der Waals surface area contributed by atoms with Crippen molar-refractivity contribution in [3.8, 4) is 11.3 Å². The molecule has 1 atom stereocenters. The van der Waals surface area contributed by atoms with Crippen LogP contribution in [0.4, 0.5) is 5.13 Å². The van der Waals surface area contributed by atoms with E-state index in [1.54, 1.807) is 12.1 Å². The van der Waals surface area contributed by atoms with Gasteiger partial charge in [-0.1, -0.05) is 72.8 Å². The summed E-state index contributed by atoms with van der Waals surface area (Å²) in [5.74, 6) is 0. The minimum Gasteiger partial charge on any atom is -0.379 e. The molecule has 0 saturated carbocycles. The predicted molar refractivity (Wildman–Crippen MR) is 146 cm³/mol. The number of rotatable bonds is 6. The smallest absolute Gasteiger partial charge is 0.243 e. The summed E-state index contributed by atoms with van der Waals surface area (Å²) in [6, 6.07) is 27.6. The molecule has 0 bridgehead atoms. The summed E-state index contributed by atoms with van der Waals surface area (Å²) in [4.78, 5) is 5.20. The number of benzene rings is 3. The summed E-state index contributed by atoms with van der Waals surface area (Å²) in [5.41, 5.74) is 4.99. The number of aromatic nitrogens is 1. The molecule has 0 aliphatic carbocycles. The van der Waals surface area contributed by atoms with Crippen LogP contribution in [0.3, 0.4) is 0 Å². The van der Waals surface area contributed by atoms with Crippen LogP contribution >= 0.6 is 11.3 Å². The predicted octanol–water partition coefficient (Wildman–Crippen LogP) is 5.19. The number of thiazole rings is 1. The van der Waals surface area contributed by atoms with E-state index in [1.807, 2.05) is 58.9 Å². The summed E-state index contributed by atoms with van der Waals surface area (Å²) in [6.07, 6.45) is 0.789. The van der Waals surface area contributed by atoms with Gasteiger partial charge in [0.15, 0.2) is 0 Å². The molecule has 1 unspecified atom stereocenters. The molecule has 188 valence electrons. The van der Waals surface area contributed by atoms with Crippen LogP contribution in [-0.2, 0) is 14.8 Å². The van der Waals surface area contributed by atoms with E-state index in [1.165, 1.54) is 21.2 Å². The Morgan fingerprint density at radius 2 is 1.51 bits per heavy atom. The summed E-state index contributed by atoms with van der Waals surface area (Å²) in [6.45, 7) is 1.61. The van der Waals surface area contributed by atoms with Gasteiger partial charge in [-0.2, -0.15) is 9.41 Å². The Morgan fingerprint density at radius 3 is 2.22 bits per heavy atom. The first-order valence-electron chi connectivity index (χ1n) is 12.2. The van der Waals surface area contributed by atoms with Gasteiger partial charge in [-0.15, -0.1) is 11.3 Å². The van der Waals surface area contributed by atoms with E-state index in [0.29, 0.717) is 26.3 Å². The monoisotopic (exact) mass is 530 g/mol. The maximum Gasteiger partial charge on any atom is 0.243 e. The second kappa shape index (κ2) is 10.2. The summed E-state index contributed by atoms with van der Waals surface area (Å²) < 4.78 is 32.7. The molecule has 1 saturated heterocycles. The summed E-state index contributed by atoms with van der Waals surface area (Å²) in [5, 5.41) is 9.82. The highest BCUT2D eigenvalue weighted by Crippen LogP contribution is 2.39. The van der Waals surface area contributed by atoms with Gasteiger partial charge in [0.1, 0.15) is 0 Å². The SMILES string of the molecule is O=S(=O)(c1ccc(-c2csc(N3N=C(c4ccccc4)CC3c3ccccc3)n2)cc1)N1CCOCC1. The Labute approximate surface area is 220 Å². The lowest BCUT2D eigenvalue weighted by atomic mass is 9.99. The molecule has 4 aromatic rings. The van der Waals surface area contributed by atoms with Gasteiger partial charge in [0, 0.05) is 30.5 Å². The molecule has 0 spiro atoms. The van der Waals surface area contributed by atoms with Crippen molar-refractivity contribution in [2.75, 3.05) is 31.3 Å². The first-order chi connectivity index (χ1) is 18.1. The molecular formula is C28H26N4O3S2. The third-order valence-corrected chi connectivity index (χ3v) is 9.39. The van der Waals surface area contributed by atoms with Gasteiger partial charge < -0.3 is 4.74 Å². The van der Waals surface area contributed by atoms with Crippen molar-refractivity contribution >= 4 is 32.2 Å². The molecule has 37 heavy (non-hydrogen) atoms. The van der Waals surface area contributed by atoms with Gasteiger partial charge in [0.25, 0.3) is 0 Å². The highest BCUT2D eigenvalue weighted by molar-refractivity contribution is 7.89. The van der Waals surface area contributed by atoms with Crippen LogP contribution in [0.15, 0.2) is 100 Å². The fraction of sp³-hybridized carbons (Fsp3) is 0.214. The first-order valence-corrected chi connectivity index (χ1v) is 14.5. The van der Waals surface area contributed by atoms with Gasteiger partial charge in [-0.05, 0) is 23.3 Å². The van der Waals surface area contributed by atoms with Crippen molar-refractivity contribution in [3.05, 3.63) is 101 Å². The number of ether oxygens (including phenoxy) is 1. The summed E-state index contributed by atoms with van der Waals surface area (Å²) >= 11 is 1.54. The van der Waals surface area contributed by atoms with E-state index >= 15 is 0 Å². The van der Waals surface area contributed by atoms with Crippen molar-refractivity contribution in [2.45, 2.75) is 17.4 Å². The van der Waals surface area contributed by atoms with E-state index < -0.39 is 10.0 Å². The van der Waals surface area contributed by atoms with Crippen LogP contribution in [0.25, 0.3) is 11.3 Å². The zero-order valence-electron chi connectivity index (χ0n) is 20.1. The van der Waals surface area contributed by atoms with Crippen LogP contribution in [-0.4, -0.2) is 49.7 Å². The zero-order valence-corrected chi connectivity index (χ0v) is 21.7. The number of hydrazone groups is 1. The lowest BCUT2D eigenvalue weighted by Crippen LogP contribution is -2.40. The quantitative estimate of drug-likeness (QED) is 0.343. The van der Waals surface area contributed by atoms with E-state index in [0.717, 1.165) is 34.1 Å². The average Bonchev–Trinajstić information content (AvgIpc) is 3.63. The van der Waals surface area contributed by atoms with Crippen molar-refractivity contribution in [3.63, 3.8) is 0 Å². The van der Waals surface area contributed by atoms with Gasteiger partial charge in [-0.25, -0.2) is 18.4 Å². The first kappa shape index (κ1) is 24.0. The van der Waals surface area contributed by atoms with E-state index in [4.69, 9.17) is 14.8 Å². The standard InChI is InChI=1S/C28H26N4O3S2/c33-37(34,31-15-17-35-18-16-31)24-13-11-22(12-14-24)26-20-36-28(29-26)32-27(23-9-5-2-6-10-23)19-25(30-32)21-7-3-1-4-8-21/h1-14,20,27H,15-19H2. The maximum absolute atomic E-state index is 13.0. The van der Waals surface area contributed by atoms with E-state index in [9.17, 15) is 8.42 Å². The number of hydrogen-bond donors (Lipinski definition) is 0. The minimum absolute atomic E-state index is 0.0523. The lowest BCUT2D eigenvalue weighted by molar-refractivity contribution is 0.0730. The van der Waals surface area contributed by atoms with E-state index in [2.05, 4.69) is 24.3 Å². The van der Waals surface area contributed by atoms with Crippen LogP contribution < -0.4 is 5.01 Å². The molecule has 2 aliphatic rings. The third kappa shape index (κ3) is 4.83. The second-order valence-electron chi connectivity index (χ2n) is 8.94. The van der Waals surface area contributed by atoms with Crippen molar-refractivity contribution < 1.29 is 13.2 Å². The normalized spacial score (nSPS) is 18.6.